The number of non-ortho nitro benzene ring substituents is 1. The minimum Gasteiger partial charge on any atom is -0.455 e. The fourth-order valence-corrected chi connectivity index (χ4v) is 2.42. The number of nitro benzene ring substituents is 1. The number of rotatable bonds is 5. The van der Waals surface area contributed by atoms with Gasteiger partial charge in [0.2, 0.25) is 0 Å². The molecule has 1 aliphatic rings. The molecule has 3 rings (SSSR count). The first-order valence-electron chi connectivity index (χ1n) is 7.06. The van der Waals surface area contributed by atoms with Crippen molar-refractivity contribution in [3.63, 3.8) is 0 Å². The van der Waals surface area contributed by atoms with Gasteiger partial charge in [0.15, 0.2) is 0 Å². The van der Waals surface area contributed by atoms with Crippen molar-refractivity contribution < 1.29 is 18.9 Å². The Bertz CT molecular complexity index is 861. The molecule has 0 saturated carbocycles. The van der Waals surface area contributed by atoms with E-state index in [9.17, 15) is 19.7 Å². The topological polar surface area (TPSA) is 109 Å². The van der Waals surface area contributed by atoms with Crippen LogP contribution in [0.1, 0.15) is 5.76 Å². The summed E-state index contributed by atoms with van der Waals surface area (Å²) in [5.41, 5.74) is 0.643. The van der Waals surface area contributed by atoms with Gasteiger partial charge in [-0.25, -0.2) is 14.7 Å². The molecule has 0 N–H and O–H groups in total. The Balaban J connectivity index is 1.72. The molecule has 0 atom stereocenters. The molecule has 0 unspecified atom stereocenters. The van der Waals surface area contributed by atoms with Crippen LogP contribution in [0.15, 0.2) is 45.9 Å². The van der Waals surface area contributed by atoms with Crippen molar-refractivity contribution >= 4 is 35.4 Å². The first kappa shape index (κ1) is 16.7. The monoisotopic (exact) mass is 362 g/mol. The van der Waals surface area contributed by atoms with E-state index in [2.05, 4.69) is 5.10 Å². The van der Waals surface area contributed by atoms with Gasteiger partial charge < -0.3 is 4.42 Å². The predicted molar refractivity (Wildman–Crippen MR) is 88.1 cm³/mol. The molecule has 1 aromatic heterocycles. The van der Waals surface area contributed by atoms with Gasteiger partial charge in [-0.2, -0.15) is 5.10 Å². The minimum absolute atomic E-state index is 0.0156. The standard InChI is InChI=1S/C15H11ClN4O5/c16-9-18-14(21)8-19(15(18)22)17-7-12-5-6-13(25-12)10-1-3-11(4-2-10)20(23)24/h1-7H,8-9H2/b17-7+. The van der Waals surface area contributed by atoms with Gasteiger partial charge in [0, 0.05) is 17.7 Å². The quantitative estimate of drug-likeness (QED) is 0.203. The second kappa shape index (κ2) is 6.73. The van der Waals surface area contributed by atoms with Crippen LogP contribution in [-0.4, -0.2) is 45.5 Å². The summed E-state index contributed by atoms with van der Waals surface area (Å²) < 4.78 is 5.56. The zero-order valence-corrected chi connectivity index (χ0v) is 13.4. The van der Waals surface area contributed by atoms with E-state index in [4.69, 9.17) is 16.0 Å². The van der Waals surface area contributed by atoms with E-state index in [0.29, 0.717) is 17.1 Å². The molecular formula is C15H11ClN4O5. The summed E-state index contributed by atoms with van der Waals surface area (Å²) in [7, 11) is 0. The molecule has 2 heterocycles. The zero-order chi connectivity index (χ0) is 18.0. The maximum atomic E-state index is 11.8. The van der Waals surface area contributed by atoms with Crippen LogP contribution in [-0.2, 0) is 4.79 Å². The Labute approximate surface area is 146 Å². The van der Waals surface area contributed by atoms with Crippen molar-refractivity contribution in [1.29, 1.82) is 0 Å². The molecule has 1 fully saturated rings. The molecule has 10 heteroatoms. The lowest BCUT2D eigenvalue weighted by Gasteiger charge is -2.09. The van der Waals surface area contributed by atoms with E-state index in [-0.39, 0.29) is 18.2 Å². The first-order chi connectivity index (χ1) is 12.0. The number of carbonyl (C=O) groups excluding carboxylic acids is 2. The number of hydrogen-bond acceptors (Lipinski definition) is 6. The number of hydrazone groups is 1. The molecule has 1 aliphatic heterocycles. The van der Waals surface area contributed by atoms with Crippen molar-refractivity contribution in [2.24, 2.45) is 5.10 Å². The molecule has 2 aromatic rings. The summed E-state index contributed by atoms with van der Waals surface area (Å²) in [6.07, 6.45) is 1.30. The van der Waals surface area contributed by atoms with Gasteiger partial charge >= 0.3 is 6.03 Å². The average molecular weight is 363 g/mol. The Morgan fingerprint density at radius 3 is 2.56 bits per heavy atom. The Morgan fingerprint density at radius 2 is 1.96 bits per heavy atom. The number of halogens is 1. The van der Waals surface area contributed by atoms with Crippen LogP contribution < -0.4 is 0 Å². The predicted octanol–water partition coefficient (Wildman–Crippen LogP) is 2.65. The van der Waals surface area contributed by atoms with Crippen LogP contribution in [0.25, 0.3) is 11.3 Å². The summed E-state index contributed by atoms with van der Waals surface area (Å²) in [5.74, 6) is 0.420. The van der Waals surface area contributed by atoms with Crippen LogP contribution in [0.2, 0.25) is 0 Å². The summed E-state index contributed by atoms with van der Waals surface area (Å²) in [4.78, 5) is 34.4. The molecular weight excluding hydrogens is 352 g/mol. The van der Waals surface area contributed by atoms with E-state index in [0.717, 1.165) is 9.91 Å². The van der Waals surface area contributed by atoms with Crippen molar-refractivity contribution in [2.75, 3.05) is 12.5 Å². The van der Waals surface area contributed by atoms with Crippen LogP contribution >= 0.6 is 11.6 Å². The molecule has 0 aliphatic carbocycles. The molecule has 3 amide bonds. The lowest BCUT2D eigenvalue weighted by molar-refractivity contribution is -0.384. The largest absolute Gasteiger partial charge is 0.455 e. The van der Waals surface area contributed by atoms with E-state index in [1.54, 1.807) is 24.3 Å². The Kier molecular flexibility index (Phi) is 4.48. The van der Waals surface area contributed by atoms with Gasteiger partial charge in [-0.1, -0.05) is 0 Å². The third-order valence-corrected chi connectivity index (χ3v) is 3.71. The normalized spacial score (nSPS) is 14.8. The van der Waals surface area contributed by atoms with E-state index in [1.165, 1.54) is 18.3 Å². The number of hydrogen-bond donors (Lipinski definition) is 0. The molecule has 25 heavy (non-hydrogen) atoms. The highest BCUT2D eigenvalue weighted by Gasteiger charge is 2.35. The smallest absolute Gasteiger partial charge is 0.348 e. The summed E-state index contributed by atoms with van der Waals surface area (Å²) in [6, 6.07) is 8.36. The van der Waals surface area contributed by atoms with Crippen molar-refractivity contribution in [3.8, 4) is 11.3 Å². The number of nitrogens with zero attached hydrogens (tertiary/aromatic N) is 4. The molecule has 1 saturated heterocycles. The third-order valence-electron chi connectivity index (χ3n) is 3.47. The number of furan rings is 1. The van der Waals surface area contributed by atoms with Gasteiger partial charge in [-0.15, -0.1) is 11.6 Å². The lowest BCUT2D eigenvalue weighted by Crippen LogP contribution is -2.30. The lowest BCUT2D eigenvalue weighted by atomic mass is 10.1. The van der Waals surface area contributed by atoms with Crippen LogP contribution in [0.5, 0.6) is 0 Å². The summed E-state index contributed by atoms with van der Waals surface area (Å²) in [6.45, 7) is -0.183. The van der Waals surface area contributed by atoms with E-state index >= 15 is 0 Å². The third kappa shape index (κ3) is 3.36. The second-order valence-electron chi connectivity index (χ2n) is 5.03. The Morgan fingerprint density at radius 1 is 1.24 bits per heavy atom. The van der Waals surface area contributed by atoms with Crippen molar-refractivity contribution in [3.05, 3.63) is 52.3 Å². The summed E-state index contributed by atoms with van der Waals surface area (Å²) in [5, 5.41) is 15.6. The fourth-order valence-electron chi connectivity index (χ4n) is 2.19. The maximum absolute atomic E-state index is 11.8. The van der Waals surface area contributed by atoms with Crippen LogP contribution in [0.4, 0.5) is 10.5 Å². The SMILES string of the molecule is O=C1CN(/N=C/c2ccc(-c3ccc([N+](=O)[O-])cc3)o2)C(=O)N1CCl. The summed E-state index contributed by atoms with van der Waals surface area (Å²) >= 11 is 5.53. The van der Waals surface area contributed by atoms with Gasteiger partial charge in [0.1, 0.15) is 24.1 Å². The fraction of sp³-hybridized carbons (Fsp3) is 0.133. The molecule has 9 nitrogen and oxygen atoms in total. The number of carbonyl (C=O) groups is 2. The van der Waals surface area contributed by atoms with E-state index < -0.39 is 16.9 Å². The zero-order valence-electron chi connectivity index (χ0n) is 12.7. The average Bonchev–Trinajstić information content (AvgIpc) is 3.17. The van der Waals surface area contributed by atoms with Crippen LogP contribution in [0, 0.1) is 10.1 Å². The number of nitro groups is 1. The number of urea groups is 1. The van der Waals surface area contributed by atoms with Gasteiger partial charge in [0.05, 0.1) is 11.1 Å². The van der Waals surface area contributed by atoms with E-state index in [1.807, 2.05) is 0 Å². The van der Waals surface area contributed by atoms with Crippen LogP contribution in [0.3, 0.4) is 0 Å². The van der Waals surface area contributed by atoms with Crippen molar-refractivity contribution in [2.45, 2.75) is 0 Å². The molecule has 128 valence electrons. The van der Waals surface area contributed by atoms with Gasteiger partial charge in [-0.05, 0) is 24.3 Å². The molecule has 0 radical (unpaired) electrons. The van der Waals surface area contributed by atoms with Gasteiger partial charge in [-0.3, -0.25) is 14.9 Å². The highest BCUT2D eigenvalue weighted by molar-refractivity contribution is 6.21. The molecule has 0 bridgehead atoms. The number of imide groups is 1. The second-order valence-corrected chi connectivity index (χ2v) is 5.27. The number of alkyl halides is 1. The highest BCUT2D eigenvalue weighted by atomic mass is 35.5. The minimum atomic E-state index is -0.599. The first-order valence-corrected chi connectivity index (χ1v) is 7.59. The molecule has 0 spiro atoms. The van der Waals surface area contributed by atoms with Gasteiger partial charge in [0.25, 0.3) is 11.6 Å². The number of amides is 3. The molecule has 1 aromatic carbocycles. The number of benzene rings is 1. The Hall–Kier alpha value is -3.20. The van der Waals surface area contributed by atoms with Crippen molar-refractivity contribution in [1.82, 2.24) is 9.91 Å². The highest BCUT2D eigenvalue weighted by Crippen LogP contribution is 2.24. The maximum Gasteiger partial charge on any atom is 0.348 e.